The average Bonchev–Trinajstić information content (AvgIpc) is 2.73. The number of carbonyl (C=O) groups excluding carboxylic acids is 2. The molecule has 0 atom stereocenters. The minimum Gasteiger partial charge on any atom is -0.378 e. The third kappa shape index (κ3) is 8.14. The second-order valence-electron chi connectivity index (χ2n) is 5.95. The van der Waals surface area contributed by atoms with Gasteiger partial charge < -0.3 is 21.1 Å². The van der Waals surface area contributed by atoms with Crippen LogP contribution >= 0.6 is 0 Å². The van der Waals surface area contributed by atoms with Gasteiger partial charge in [-0.25, -0.2) is 0 Å². The Hall–Kier alpha value is -2.98. The quantitative estimate of drug-likeness (QED) is 0.425. The number of amides is 2. The molecule has 0 aliphatic carbocycles. The molecule has 0 bridgehead atoms. The largest absolute Gasteiger partial charge is 0.378 e. The zero-order chi connectivity index (χ0) is 20.0. The smallest absolute Gasteiger partial charge is 0.220 e. The molecular formula is C18H25N7O3. The van der Waals surface area contributed by atoms with Gasteiger partial charge in [0, 0.05) is 38.0 Å². The van der Waals surface area contributed by atoms with Gasteiger partial charge in [-0.05, 0) is 12.0 Å². The van der Waals surface area contributed by atoms with E-state index in [1.54, 1.807) is 0 Å². The fraction of sp³-hybridized carbons (Fsp3) is 0.444. The molecule has 0 saturated carbocycles. The van der Waals surface area contributed by atoms with Crippen LogP contribution in [-0.2, 0) is 20.9 Å². The van der Waals surface area contributed by atoms with Crippen molar-refractivity contribution in [3.8, 4) is 11.4 Å². The van der Waals surface area contributed by atoms with Crippen molar-refractivity contribution in [2.75, 3.05) is 26.3 Å². The molecular weight excluding hydrogens is 362 g/mol. The van der Waals surface area contributed by atoms with Crippen LogP contribution in [0.25, 0.3) is 11.4 Å². The first-order chi connectivity index (χ1) is 13.7. The van der Waals surface area contributed by atoms with E-state index in [2.05, 4.69) is 31.0 Å². The topological polar surface area (TPSA) is 145 Å². The van der Waals surface area contributed by atoms with Crippen molar-refractivity contribution in [2.24, 2.45) is 5.73 Å². The molecule has 28 heavy (non-hydrogen) atoms. The zero-order valence-corrected chi connectivity index (χ0v) is 15.6. The molecule has 0 saturated heterocycles. The van der Waals surface area contributed by atoms with Crippen molar-refractivity contribution in [2.45, 2.75) is 25.8 Å². The maximum absolute atomic E-state index is 11.9. The molecule has 4 N–H and O–H groups in total. The molecule has 1 heterocycles. The fourth-order valence-corrected chi connectivity index (χ4v) is 2.33. The summed E-state index contributed by atoms with van der Waals surface area (Å²) in [5.74, 6) is 0.261. The van der Waals surface area contributed by atoms with Crippen molar-refractivity contribution in [1.29, 1.82) is 0 Å². The summed E-state index contributed by atoms with van der Waals surface area (Å²) in [6.07, 6.45) is 2.36. The Morgan fingerprint density at radius 1 is 0.964 bits per heavy atom. The minimum absolute atomic E-state index is 0.0909. The van der Waals surface area contributed by atoms with Gasteiger partial charge in [-0.2, -0.15) is 0 Å². The lowest BCUT2D eigenvalue weighted by Gasteiger charge is -2.07. The number of nitrogens with one attached hydrogen (secondary N) is 2. The SMILES string of the molecule is NCCOCCNC(=O)CCCC(=O)NCc1ccc(-c2nncnn2)cc1. The standard InChI is InChI=1S/C18H25N7O3/c19-8-10-28-11-9-20-16(26)2-1-3-17(27)21-12-14-4-6-15(7-5-14)18-24-22-13-23-25-18/h4-7,13H,1-3,8-12,19H2,(H,20,26)(H,21,27). The molecule has 1 aromatic carbocycles. The maximum atomic E-state index is 11.9. The van der Waals surface area contributed by atoms with Crippen LogP contribution in [0.3, 0.4) is 0 Å². The lowest BCUT2D eigenvalue weighted by Crippen LogP contribution is -2.28. The van der Waals surface area contributed by atoms with E-state index in [0.717, 1.165) is 11.1 Å². The Kier molecular flexibility index (Phi) is 9.45. The molecule has 2 aromatic rings. The van der Waals surface area contributed by atoms with Crippen LogP contribution in [0, 0.1) is 0 Å². The molecule has 2 amide bonds. The lowest BCUT2D eigenvalue weighted by atomic mass is 10.1. The average molecular weight is 387 g/mol. The summed E-state index contributed by atoms with van der Waals surface area (Å²) in [7, 11) is 0. The first kappa shape index (κ1) is 21.3. The zero-order valence-electron chi connectivity index (χ0n) is 15.6. The monoisotopic (exact) mass is 387 g/mol. The van der Waals surface area contributed by atoms with Gasteiger partial charge in [0.05, 0.1) is 13.2 Å². The van der Waals surface area contributed by atoms with Crippen LogP contribution in [0.15, 0.2) is 30.6 Å². The number of ether oxygens (including phenoxy) is 1. The van der Waals surface area contributed by atoms with E-state index in [1.807, 2.05) is 24.3 Å². The normalized spacial score (nSPS) is 10.5. The van der Waals surface area contributed by atoms with Crippen molar-refractivity contribution in [3.05, 3.63) is 36.2 Å². The third-order valence-corrected chi connectivity index (χ3v) is 3.75. The van der Waals surface area contributed by atoms with E-state index in [4.69, 9.17) is 10.5 Å². The van der Waals surface area contributed by atoms with Crippen LogP contribution in [0.2, 0.25) is 0 Å². The molecule has 150 valence electrons. The van der Waals surface area contributed by atoms with Gasteiger partial charge >= 0.3 is 0 Å². The molecule has 0 aliphatic heterocycles. The van der Waals surface area contributed by atoms with Gasteiger partial charge in [0.25, 0.3) is 0 Å². The van der Waals surface area contributed by atoms with Gasteiger partial charge in [-0.3, -0.25) is 9.59 Å². The number of carbonyl (C=O) groups is 2. The van der Waals surface area contributed by atoms with Crippen LogP contribution in [-0.4, -0.2) is 58.5 Å². The van der Waals surface area contributed by atoms with E-state index in [-0.39, 0.29) is 11.8 Å². The molecule has 10 heteroatoms. The summed E-state index contributed by atoms with van der Waals surface area (Å²) in [4.78, 5) is 23.6. The Morgan fingerprint density at radius 3 is 2.32 bits per heavy atom. The highest BCUT2D eigenvalue weighted by molar-refractivity contribution is 5.78. The fourth-order valence-electron chi connectivity index (χ4n) is 2.33. The Balaban J connectivity index is 1.60. The summed E-state index contributed by atoms with van der Waals surface area (Å²) in [6, 6.07) is 7.46. The highest BCUT2D eigenvalue weighted by atomic mass is 16.5. The predicted molar refractivity (Wildman–Crippen MR) is 102 cm³/mol. The molecule has 2 rings (SSSR count). The molecule has 0 spiro atoms. The van der Waals surface area contributed by atoms with Gasteiger partial charge in [-0.15, -0.1) is 20.4 Å². The first-order valence-corrected chi connectivity index (χ1v) is 9.10. The summed E-state index contributed by atoms with van der Waals surface area (Å²) >= 11 is 0. The summed E-state index contributed by atoms with van der Waals surface area (Å²) < 4.78 is 5.17. The van der Waals surface area contributed by atoms with E-state index >= 15 is 0 Å². The number of nitrogens with zero attached hydrogens (tertiary/aromatic N) is 4. The van der Waals surface area contributed by atoms with Crippen molar-refractivity contribution >= 4 is 11.8 Å². The number of benzene rings is 1. The second-order valence-corrected chi connectivity index (χ2v) is 5.95. The number of hydrogen-bond donors (Lipinski definition) is 3. The van der Waals surface area contributed by atoms with Crippen molar-refractivity contribution < 1.29 is 14.3 Å². The predicted octanol–water partition coefficient (Wildman–Crippen LogP) is -0.188. The lowest BCUT2D eigenvalue weighted by molar-refractivity contribution is -0.122. The van der Waals surface area contributed by atoms with Crippen molar-refractivity contribution in [1.82, 2.24) is 31.0 Å². The van der Waals surface area contributed by atoms with E-state index in [1.165, 1.54) is 6.33 Å². The van der Waals surface area contributed by atoms with Gasteiger partial charge in [0.15, 0.2) is 6.33 Å². The van der Waals surface area contributed by atoms with Crippen LogP contribution in [0.1, 0.15) is 24.8 Å². The van der Waals surface area contributed by atoms with Crippen LogP contribution < -0.4 is 16.4 Å². The minimum atomic E-state index is -0.0945. The van der Waals surface area contributed by atoms with Gasteiger partial charge in [-0.1, -0.05) is 24.3 Å². The molecule has 1 aromatic heterocycles. The highest BCUT2D eigenvalue weighted by Crippen LogP contribution is 2.13. The number of nitrogens with two attached hydrogens (primary N) is 1. The molecule has 0 radical (unpaired) electrons. The van der Waals surface area contributed by atoms with Gasteiger partial charge in [0.2, 0.25) is 17.6 Å². The maximum Gasteiger partial charge on any atom is 0.220 e. The van der Waals surface area contributed by atoms with E-state index in [9.17, 15) is 9.59 Å². The molecule has 0 aliphatic rings. The van der Waals surface area contributed by atoms with Gasteiger partial charge in [0.1, 0.15) is 0 Å². The highest BCUT2D eigenvalue weighted by Gasteiger charge is 2.06. The summed E-state index contributed by atoms with van der Waals surface area (Å²) in [5, 5.41) is 20.7. The number of hydrogen-bond acceptors (Lipinski definition) is 8. The Bertz CT molecular complexity index is 726. The van der Waals surface area contributed by atoms with Crippen molar-refractivity contribution in [3.63, 3.8) is 0 Å². The van der Waals surface area contributed by atoms with Crippen LogP contribution in [0.5, 0.6) is 0 Å². The molecule has 10 nitrogen and oxygen atoms in total. The third-order valence-electron chi connectivity index (χ3n) is 3.75. The number of aromatic nitrogens is 4. The second kappa shape index (κ2) is 12.4. The summed E-state index contributed by atoms with van der Waals surface area (Å²) in [5.41, 5.74) is 7.05. The van der Waals surface area contributed by atoms with E-state index < -0.39 is 0 Å². The molecule has 0 unspecified atom stereocenters. The number of rotatable bonds is 12. The van der Waals surface area contributed by atoms with Crippen LogP contribution in [0.4, 0.5) is 0 Å². The Morgan fingerprint density at radius 2 is 1.64 bits per heavy atom. The summed E-state index contributed by atoms with van der Waals surface area (Å²) in [6.45, 7) is 2.24. The molecule has 0 fully saturated rings. The first-order valence-electron chi connectivity index (χ1n) is 9.10. The van der Waals surface area contributed by atoms with E-state index in [0.29, 0.717) is 57.9 Å². The Labute approximate surface area is 163 Å².